The van der Waals surface area contributed by atoms with E-state index in [0.717, 1.165) is 42.7 Å². The Kier molecular flexibility index (Phi) is 7.39. The van der Waals surface area contributed by atoms with Crippen LogP contribution in [-0.4, -0.2) is 69.1 Å². The fraction of sp³-hybridized carbons (Fsp3) is 0.562. The van der Waals surface area contributed by atoms with Crippen molar-refractivity contribution in [2.24, 2.45) is 0 Å². The van der Waals surface area contributed by atoms with E-state index in [2.05, 4.69) is 44.8 Å². The van der Waals surface area contributed by atoms with Crippen molar-refractivity contribution in [3.05, 3.63) is 26.3 Å². The van der Waals surface area contributed by atoms with Gasteiger partial charge in [-0.15, -0.1) is 0 Å². The molecule has 1 fully saturated rings. The van der Waals surface area contributed by atoms with Crippen molar-refractivity contribution in [3.8, 4) is 5.75 Å². The molecule has 23 heavy (non-hydrogen) atoms. The third kappa shape index (κ3) is 5.48. The molecule has 0 saturated carbocycles. The molecular formula is C16H23ClIN3O2. The van der Waals surface area contributed by atoms with Crippen molar-refractivity contribution in [1.29, 1.82) is 0 Å². The number of nitrogens with one attached hydrogen (secondary N) is 1. The van der Waals surface area contributed by atoms with E-state index < -0.39 is 0 Å². The Morgan fingerprint density at radius 2 is 2.04 bits per heavy atom. The van der Waals surface area contributed by atoms with Crippen molar-refractivity contribution in [1.82, 2.24) is 15.1 Å². The summed E-state index contributed by atoms with van der Waals surface area (Å²) in [5.74, 6) is 0.411. The summed E-state index contributed by atoms with van der Waals surface area (Å²) in [5, 5.41) is 3.52. The van der Waals surface area contributed by atoms with Crippen LogP contribution in [0.2, 0.25) is 5.02 Å². The molecule has 1 saturated heterocycles. The van der Waals surface area contributed by atoms with Gasteiger partial charge in [-0.05, 0) is 54.7 Å². The number of hydrogen-bond donors (Lipinski definition) is 1. The van der Waals surface area contributed by atoms with Gasteiger partial charge in [-0.25, -0.2) is 0 Å². The minimum absolute atomic E-state index is 0.140. The van der Waals surface area contributed by atoms with Gasteiger partial charge in [-0.2, -0.15) is 0 Å². The van der Waals surface area contributed by atoms with Crippen molar-refractivity contribution < 1.29 is 9.53 Å². The minimum Gasteiger partial charge on any atom is -0.496 e. The van der Waals surface area contributed by atoms with E-state index >= 15 is 0 Å². The molecule has 7 heteroatoms. The molecule has 5 nitrogen and oxygen atoms in total. The molecule has 0 spiro atoms. The second-order valence-electron chi connectivity index (χ2n) is 5.72. The third-order valence-electron chi connectivity index (χ3n) is 4.02. The SMILES string of the molecule is COc1cc(I)c(Cl)cc1C(=O)NCCCN1CCN(C)CC1. The maximum absolute atomic E-state index is 12.3. The van der Waals surface area contributed by atoms with Gasteiger partial charge in [0.2, 0.25) is 0 Å². The number of likely N-dealkylation sites (N-methyl/N-ethyl adjacent to an activating group) is 1. The first kappa shape index (κ1) is 18.8. The molecule has 0 bridgehead atoms. The molecule has 1 amide bonds. The highest BCUT2D eigenvalue weighted by Gasteiger charge is 2.16. The quantitative estimate of drug-likeness (QED) is 0.533. The highest BCUT2D eigenvalue weighted by atomic mass is 127. The largest absolute Gasteiger partial charge is 0.496 e. The summed E-state index contributed by atoms with van der Waals surface area (Å²) in [6.45, 7) is 6.10. The van der Waals surface area contributed by atoms with Gasteiger partial charge in [0, 0.05) is 36.3 Å². The summed E-state index contributed by atoms with van der Waals surface area (Å²) in [7, 11) is 3.71. The van der Waals surface area contributed by atoms with E-state index in [1.807, 2.05) is 0 Å². The van der Waals surface area contributed by atoms with E-state index in [-0.39, 0.29) is 5.91 Å². The number of amides is 1. The molecular weight excluding hydrogens is 429 g/mol. The molecule has 1 heterocycles. The van der Waals surface area contributed by atoms with Gasteiger partial charge in [0.05, 0.1) is 17.7 Å². The Hall–Kier alpha value is -0.570. The number of piperazine rings is 1. The Labute approximate surface area is 156 Å². The van der Waals surface area contributed by atoms with E-state index in [0.29, 0.717) is 22.9 Å². The molecule has 1 aliphatic heterocycles. The van der Waals surface area contributed by atoms with Crippen molar-refractivity contribution in [2.45, 2.75) is 6.42 Å². The predicted molar refractivity (Wildman–Crippen MR) is 102 cm³/mol. The van der Waals surface area contributed by atoms with Gasteiger partial charge in [0.15, 0.2) is 0 Å². The second-order valence-corrected chi connectivity index (χ2v) is 7.29. The van der Waals surface area contributed by atoms with E-state index in [9.17, 15) is 4.79 Å². The summed E-state index contributed by atoms with van der Waals surface area (Å²) in [6, 6.07) is 3.44. The van der Waals surface area contributed by atoms with Crippen LogP contribution in [0.1, 0.15) is 16.8 Å². The highest BCUT2D eigenvalue weighted by Crippen LogP contribution is 2.28. The molecule has 2 rings (SSSR count). The number of nitrogens with zero attached hydrogens (tertiary/aromatic N) is 2. The summed E-state index contributed by atoms with van der Waals surface area (Å²) in [5.41, 5.74) is 0.484. The summed E-state index contributed by atoms with van der Waals surface area (Å²) < 4.78 is 6.14. The topological polar surface area (TPSA) is 44.8 Å². The van der Waals surface area contributed by atoms with Crippen LogP contribution >= 0.6 is 34.2 Å². The third-order valence-corrected chi connectivity index (χ3v) is 5.54. The van der Waals surface area contributed by atoms with Gasteiger partial charge < -0.3 is 19.9 Å². The van der Waals surface area contributed by atoms with Crippen LogP contribution in [0.5, 0.6) is 5.75 Å². The molecule has 0 atom stereocenters. The van der Waals surface area contributed by atoms with E-state index in [1.165, 1.54) is 0 Å². The molecule has 0 unspecified atom stereocenters. The molecule has 1 aromatic carbocycles. The number of carbonyl (C=O) groups excluding carboxylic acids is 1. The van der Waals surface area contributed by atoms with Crippen molar-refractivity contribution in [2.75, 3.05) is 53.4 Å². The van der Waals surface area contributed by atoms with Crippen LogP contribution in [0.25, 0.3) is 0 Å². The molecule has 1 N–H and O–H groups in total. The van der Waals surface area contributed by atoms with E-state index in [4.69, 9.17) is 16.3 Å². The van der Waals surface area contributed by atoms with Gasteiger partial charge in [-0.3, -0.25) is 4.79 Å². The van der Waals surface area contributed by atoms with Crippen LogP contribution in [0, 0.1) is 3.57 Å². The second kappa shape index (κ2) is 9.05. The maximum atomic E-state index is 12.3. The monoisotopic (exact) mass is 451 g/mol. The Bertz CT molecular complexity index is 548. The number of hydrogen-bond acceptors (Lipinski definition) is 4. The lowest BCUT2D eigenvalue weighted by Gasteiger charge is -2.32. The van der Waals surface area contributed by atoms with Gasteiger partial charge in [0.1, 0.15) is 5.75 Å². The lowest BCUT2D eigenvalue weighted by atomic mass is 10.2. The number of rotatable bonds is 6. The Balaban J connectivity index is 1.80. The molecule has 1 aromatic rings. The standard InChI is InChI=1S/C16H23ClIN3O2/c1-20-6-8-21(9-7-20)5-3-4-19-16(22)12-10-13(17)14(18)11-15(12)23-2/h10-11H,3-9H2,1-2H3,(H,19,22). The number of methoxy groups -OCH3 is 1. The molecule has 0 aromatic heterocycles. The first-order valence-corrected chi connectivity index (χ1v) is 9.19. The summed E-state index contributed by atoms with van der Waals surface area (Å²) in [6.07, 6.45) is 0.940. The smallest absolute Gasteiger partial charge is 0.255 e. The highest BCUT2D eigenvalue weighted by molar-refractivity contribution is 14.1. The number of benzene rings is 1. The molecule has 128 valence electrons. The number of ether oxygens (including phenoxy) is 1. The van der Waals surface area contributed by atoms with Crippen LogP contribution in [0.4, 0.5) is 0 Å². The van der Waals surface area contributed by atoms with Crippen LogP contribution in [-0.2, 0) is 0 Å². The first-order valence-electron chi connectivity index (χ1n) is 7.73. The van der Waals surface area contributed by atoms with E-state index in [1.54, 1.807) is 19.2 Å². The first-order chi connectivity index (χ1) is 11.0. The fourth-order valence-corrected chi connectivity index (χ4v) is 3.15. The average molecular weight is 452 g/mol. The Morgan fingerprint density at radius 1 is 1.35 bits per heavy atom. The normalized spacial score (nSPS) is 16.3. The van der Waals surface area contributed by atoms with Gasteiger partial charge in [-0.1, -0.05) is 11.6 Å². The zero-order valence-corrected chi connectivity index (χ0v) is 16.5. The summed E-state index contributed by atoms with van der Waals surface area (Å²) in [4.78, 5) is 17.1. The molecule has 0 radical (unpaired) electrons. The zero-order valence-electron chi connectivity index (χ0n) is 13.6. The molecule has 1 aliphatic rings. The van der Waals surface area contributed by atoms with Gasteiger partial charge >= 0.3 is 0 Å². The van der Waals surface area contributed by atoms with Crippen LogP contribution in [0.15, 0.2) is 12.1 Å². The van der Waals surface area contributed by atoms with Crippen molar-refractivity contribution in [3.63, 3.8) is 0 Å². The zero-order chi connectivity index (χ0) is 16.8. The average Bonchev–Trinajstić information content (AvgIpc) is 2.55. The maximum Gasteiger partial charge on any atom is 0.255 e. The number of halogens is 2. The van der Waals surface area contributed by atoms with Crippen LogP contribution < -0.4 is 10.1 Å². The van der Waals surface area contributed by atoms with Crippen molar-refractivity contribution >= 4 is 40.1 Å². The molecule has 0 aliphatic carbocycles. The lowest BCUT2D eigenvalue weighted by molar-refractivity contribution is 0.0946. The minimum atomic E-state index is -0.140. The lowest BCUT2D eigenvalue weighted by Crippen LogP contribution is -2.45. The fourth-order valence-electron chi connectivity index (χ4n) is 2.55. The number of carbonyl (C=O) groups is 1. The summed E-state index contributed by atoms with van der Waals surface area (Å²) >= 11 is 8.23. The van der Waals surface area contributed by atoms with Crippen LogP contribution in [0.3, 0.4) is 0 Å². The Morgan fingerprint density at radius 3 is 2.70 bits per heavy atom. The predicted octanol–water partition coefficient (Wildman–Crippen LogP) is 2.32. The van der Waals surface area contributed by atoms with Gasteiger partial charge in [0.25, 0.3) is 5.91 Å².